The first-order valence-corrected chi connectivity index (χ1v) is 5.23. The van der Waals surface area contributed by atoms with Crippen LogP contribution in [0.15, 0.2) is 17.1 Å². The number of unbranched alkanes of at least 4 members (excludes halogenated alkanes) is 2. The van der Waals surface area contributed by atoms with E-state index in [1.54, 1.807) is 0 Å². The fourth-order valence-corrected chi connectivity index (χ4v) is 1.10. The van der Waals surface area contributed by atoms with Gasteiger partial charge in [0.1, 0.15) is 25.1 Å². The Morgan fingerprint density at radius 2 is 2.12 bits per heavy atom. The van der Waals surface area contributed by atoms with E-state index in [9.17, 15) is 14.0 Å². The first-order chi connectivity index (χ1) is 8.15. The Bertz CT molecular complexity index is 303. The van der Waals surface area contributed by atoms with Crippen molar-refractivity contribution >= 4 is 18.5 Å². The molecule has 6 heteroatoms. The van der Waals surface area contributed by atoms with Gasteiger partial charge in [0.25, 0.3) is 0 Å². The highest BCUT2D eigenvalue weighted by molar-refractivity contribution is 5.88. The van der Waals surface area contributed by atoms with Gasteiger partial charge >= 0.3 is 0 Å². The smallest absolute Gasteiger partial charge is 0.215 e. The van der Waals surface area contributed by atoms with E-state index in [4.69, 9.17) is 0 Å². The molecule has 96 valence electrons. The standard InChI is InChI=1S/C11H17FN2O3/c1-10(13-17-2)14(9-16)8-11(12)6-4-3-5-7-15/h6-7,9H,3-5,8H2,1-2H3/b11-6+,13-10-. The molecule has 0 aliphatic carbocycles. The second kappa shape index (κ2) is 9.50. The molecule has 0 fully saturated rings. The molecular weight excluding hydrogens is 227 g/mol. The molecule has 0 aromatic heterocycles. The number of nitrogens with zero attached hydrogens (tertiary/aromatic N) is 2. The molecule has 0 radical (unpaired) electrons. The number of carbonyl (C=O) groups excluding carboxylic acids is 2. The lowest BCUT2D eigenvalue weighted by atomic mass is 10.2. The Morgan fingerprint density at radius 3 is 2.65 bits per heavy atom. The lowest BCUT2D eigenvalue weighted by Gasteiger charge is -2.14. The second-order valence-electron chi connectivity index (χ2n) is 3.30. The largest absolute Gasteiger partial charge is 0.398 e. The number of oxime groups is 1. The molecule has 0 aromatic carbocycles. The normalized spacial score (nSPS) is 12.2. The lowest BCUT2D eigenvalue weighted by molar-refractivity contribution is -0.114. The van der Waals surface area contributed by atoms with Crippen LogP contribution < -0.4 is 0 Å². The minimum atomic E-state index is -0.436. The second-order valence-corrected chi connectivity index (χ2v) is 3.30. The summed E-state index contributed by atoms with van der Waals surface area (Å²) in [7, 11) is 1.35. The predicted molar refractivity (Wildman–Crippen MR) is 62.0 cm³/mol. The molecule has 17 heavy (non-hydrogen) atoms. The Hall–Kier alpha value is -1.72. The summed E-state index contributed by atoms with van der Waals surface area (Å²) in [4.78, 5) is 26.3. The number of hydrogen-bond acceptors (Lipinski definition) is 4. The molecule has 0 N–H and O–H groups in total. The van der Waals surface area contributed by atoms with E-state index in [2.05, 4.69) is 9.99 Å². The van der Waals surface area contributed by atoms with Gasteiger partial charge in [-0.1, -0.05) is 11.2 Å². The van der Waals surface area contributed by atoms with Crippen LogP contribution in [0.5, 0.6) is 0 Å². The molecule has 0 atom stereocenters. The summed E-state index contributed by atoms with van der Waals surface area (Å²) in [6.45, 7) is 1.36. The highest BCUT2D eigenvalue weighted by Crippen LogP contribution is 2.05. The zero-order valence-corrected chi connectivity index (χ0v) is 10.1. The fraction of sp³-hybridized carbons (Fsp3) is 0.545. The van der Waals surface area contributed by atoms with Crippen molar-refractivity contribution in [3.8, 4) is 0 Å². The first kappa shape index (κ1) is 15.3. The molecule has 0 rings (SSSR count). The third kappa shape index (κ3) is 7.21. The third-order valence-corrected chi connectivity index (χ3v) is 1.98. The molecule has 0 aromatic rings. The maximum absolute atomic E-state index is 13.3. The van der Waals surface area contributed by atoms with E-state index >= 15 is 0 Å². The van der Waals surface area contributed by atoms with Gasteiger partial charge in [0.15, 0.2) is 0 Å². The monoisotopic (exact) mass is 244 g/mol. The average molecular weight is 244 g/mol. The van der Waals surface area contributed by atoms with Gasteiger partial charge < -0.3 is 9.63 Å². The molecule has 0 heterocycles. The van der Waals surface area contributed by atoms with Crippen LogP contribution in [0.25, 0.3) is 0 Å². The summed E-state index contributed by atoms with van der Waals surface area (Å²) in [6, 6.07) is 0. The van der Waals surface area contributed by atoms with Crippen LogP contribution in [0.1, 0.15) is 26.2 Å². The Morgan fingerprint density at radius 1 is 1.41 bits per heavy atom. The van der Waals surface area contributed by atoms with Crippen LogP contribution in [0.2, 0.25) is 0 Å². The van der Waals surface area contributed by atoms with Crippen molar-refractivity contribution in [3.05, 3.63) is 11.9 Å². The van der Waals surface area contributed by atoms with E-state index in [1.807, 2.05) is 0 Å². The lowest BCUT2D eigenvalue weighted by Crippen LogP contribution is -2.29. The number of hydrogen-bond donors (Lipinski definition) is 0. The van der Waals surface area contributed by atoms with E-state index in [0.29, 0.717) is 25.7 Å². The Balaban J connectivity index is 4.22. The highest BCUT2D eigenvalue weighted by atomic mass is 19.1. The molecule has 0 spiro atoms. The van der Waals surface area contributed by atoms with Crippen LogP contribution in [-0.4, -0.2) is 37.1 Å². The van der Waals surface area contributed by atoms with Crippen LogP contribution in [0.4, 0.5) is 4.39 Å². The Kier molecular flexibility index (Phi) is 8.54. The molecule has 0 saturated heterocycles. The predicted octanol–water partition coefficient (Wildman–Crippen LogP) is 1.65. The van der Waals surface area contributed by atoms with Gasteiger partial charge in [-0.3, -0.25) is 9.69 Å². The van der Waals surface area contributed by atoms with Gasteiger partial charge in [0, 0.05) is 6.42 Å². The molecule has 0 aliphatic heterocycles. The van der Waals surface area contributed by atoms with Gasteiger partial charge in [0.2, 0.25) is 6.41 Å². The van der Waals surface area contributed by atoms with Crippen LogP contribution in [0.3, 0.4) is 0 Å². The molecule has 0 aliphatic rings. The summed E-state index contributed by atoms with van der Waals surface area (Å²) in [6.07, 6.45) is 4.11. The number of aldehydes is 1. The minimum Gasteiger partial charge on any atom is -0.398 e. The summed E-state index contributed by atoms with van der Waals surface area (Å²) < 4.78 is 13.3. The third-order valence-electron chi connectivity index (χ3n) is 1.98. The fourth-order valence-electron chi connectivity index (χ4n) is 1.10. The molecule has 0 bridgehead atoms. The van der Waals surface area contributed by atoms with Gasteiger partial charge in [0.05, 0.1) is 6.54 Å². The summed E-state index contributed by atoms with van der Waals surface area (Å²) in [5.41, 5.74) is 0. The summed E-state index contributed by atoms with van der Waals surface area (Å²) in [5.74, 6) is -0.160. The summed E-state index contributed by atoms with van der Waals surface area (Å²) in [5, 5.41) is 3.53. The number of rotatable bonds is 8. The number of carbonyl (C=O) groups is 2. The van der Waals surface area contributed by atoms with Gasteiger partial charge in [-0.2, -0.15) is 0 Å². The van der Waals surface area contributed by atoms with Crippen LogP contribution >= 0.6 is 0 Å². The maximum atomic E-state index is 13.3. The number of amides is 1. The van der Waals surface area contributed by atoms with Crippen molar-refractivity contribution in [3.63, 3.8) is 0 Å². The van der Waals surface area contributed by atoms with Crippen molar-refractivity contribution in [1.29, 1.82) is 0 Å². The van der Waals surface area contributed by atoms with Gasteiger partial charge in [-0.05, 0) is 19.8 Å². The highest BCUT2D eigenvalue weighted by Gasteiger charge is 2.08. The Labute approximate surface area is 99.9 Å². The minimum absolute atomic E-state index is 0.177. The molecule has 0 unspecified atom stereocenters. The van der Waals surface area contributed by atoms with Crippen molar-refractivity contribution in [2.75, 3.05) is 13.7 Å². The zero-order valence-electron chi connectivity index (χ0n) is 10.1. The van der Waals surface area contributed by atoms with Crippen molar-refractivity contribution < 1.29 is 18.8 Å². The topological polar surface area (TPSA) is 59.0 Å². The quantitative estimate of drug-likeness (QED) is 0.214. The number of amidine groups is 1. The molecule has 5 nitrogen and oxygen atoms in total. The first-order valence-electron chi connectivity index (χ1n) is 5.23. The van der Waals surface area contributed by atoms with Crippen molar-refractivity contribution in [2.24, 2.45) is 5.16 Å². The van der Waals surface area contributed by atoms with Gasteiger partial charge in [-0.25, -0.2) is 4.39 Å². The number of allylic oxidation sites excluding steroid dienone is 1. The molecule has 0 saturated carbocycles. The van der Waals surface area contributed by atoms with E-state index in [-0.39, 0.29) is 12.4 Å². The molecular formula is C11H17FN2O3. The maximum Gasteiger partial charge on any atom is 0.215 e. The van der Waals surface area contributed by atoms with Crippen LogP contribution in [-0.2, 0) is 14.4 Å². The van der Waals surface area contributed by atoms with Crippen molar-refractivity contribution in [2.45, 2.75) is 26.2 Å². The summed E-state index contributed by atoms with van der Waals surface area (Å²) >= 11 is 0. The van der Waals surface area contributed by atoms with Crippen molar-refractivity contribution in [1.82, 2.24) is 4.90 Å². The van der Waals surface area contributed by atoms with E-state index in [0.717, 1.165) is 11.2 Å². The number of halogens is 1. The molecule has 1 amide bonds. The average Bonchev–Trinajstić information content (AvgIpc) is 2.32. The SMILES string of the molecule is CO/N=C(/C)N(C=O)C/C(F)=C\CCCC=O. The zero-order chi connectivity index (χ0) is 13.1. The van der Waals surface area contributed by atoms with Crippen LogP contribution in [0, 0.1) is 0 Å². The van der Waals surface area contributed by atoms with Gasteiger partial charge in [-0.15, -0.1) is 0 Å². The van der Waals surface area contributed by atoms with E-state index < -0.39 is 5.83 Å². The van der Waals surface area contributed by atoms with E-state index in [1.165, 1.54) is 20.1 Å².